The van der Waals surface area contributed by atoms with Crippen LogP contribution < -0.4 is 5.69 Å². The maximum atomic E-state index is 11.0. The summed E-state index contributed by atoms with van der Waals surface area (Å²) in [6, 6.07) is 0. The normalized spacial score (nSPS) is 16.3. The Hall–Kier alpha value is -0.600. The molecule has 2 rings (SSSR count). The van der Waals surface area contributed by atoms with Gasteiger partial charge >= 0.3 is 5.69 Å². The van der Waals surface area contributed by atoms with E-state index >= 15 is 0 Å². The zero-order valence-corrected chi connectivity index (χ0v) is 21.7. The fourth-order valence-corrected chi connectivity index (χ4v) is 3.76. The van der Waals surface area contributed by atoms with Crippen molar-refractivity contribution in [2.45, 2.75) is 61.3 Å². The zero-order valence-electron chi connectivity index (χ0n) is 20.1. The van der Waals surface area contributed by atoms with Crippen LogP contribution in [0.1, 0.15) is 54.2 Å². The number of halogens is 1. The molecule has 8 heteroatoms. The fraction of sp³-hybridized carbons (Fsp3) is 0.818. The van der Waals surface area contributed by atoms with Crippen molar-refractivity contribution >= 4 is 23.4 Å². The number of nitrogens with one attached hydrogen (secondary N) is 1. The van der Waals surface area contributed by atoms with Gasteiger partial charge in [0.25, 0.3) is 0 Å². The number of rotatable bonds is 7. The van der Waals surface area contributed by atoms with Crippen molar-refractivity contribution in [2.75, 3.05) is 38.8 Å². The van der Waals surface area contributed by atoms with E-state index in [9.17, 15) is 4.79 Å². The summed E-state index contributed by atoms with van der Waals surface area (Å²) in [6.07, 6.45) is 2.06. The molecule has 0 aromatic carbocycles. The predicted octanol–water partition coefficient (Wildman–Crippen LogP) is 4.68. The van der Waals surface area contributed by atoms with Gasteiger partial charge in [-0.25, -0.2) is 4.79 Å². The number of nitrogens with zero attached hydrogens (tertiary/aromatic N) is 2. The summed E-state index contributed by atoms with van der Waals surface area (Å²) in [6.45, 7) is 16.5. The van der Waals surface area contributed by atoms with Gasteiger partial charge in [-0.3, -0.25) is 4.90 Å². The van der Waals surface area contributed by atoms with Crippen LogP contribution in [-0.2, 0) is 15.9 Å². The lowest BCUT2D eigenvalue weighted by Crippen LogP contribution is -2.37. The largest absolute Gasteiger partial charge is 0.345 e. The molecule has 1 N–H and O–H groups in total. The topological polar surface area (TPSA) is 67.5 Å². The monoisotopic (exact) mass is 461 g/mol. The van der Waals surface area contributed by atoms with Crippen molar-refractivity contribution < 1.29 is 9.47 Å². The van der Waals surface area contributed by atoms with Crippen molar-refractivity contribution in [1.82, 2.24) is 14.9 Å². The molecule has 2 heterocycles. The van der Waals surface area contributed by atoms with Crippen LogP contribution in [0.25, 0.3) is 0 Å². The molecule has 0 spiro atoms. The van der Waals surface area contributed by atoms with E-state index in [1.165, 1.54) is 6.20 Å². The fourth-order valence-electron chi connectivity index (χ4n) is 2.49. The van der Waals surface area contributed by atoms with Crippen molar-refractivity contribution in [3.05, 3.63) is 27.4 Å². The molecule has 6 nitrogen and oxygen atoms in total. The quantitative estimate of drug-likeness (QED) is 0.595. The third-order valence-corrected chi connectivity index (χ3v) is 6.20. The third-order valence-electron chi connectivity index (χ3n) is 4.07. The molecule has 30 heavy (non-hydrogen) atoms. The summed E-state index contributed by atoms with van der Waals surface area (Å²) in [5.74, 6) is 2.25. The number of aromatic nitrogens is 2. The van der Waals surface area contributed by atoms with Crippen LogP contribution >= 0.6 is 23.4 Å². The minimum absolute atomic E-state index is 0.166. The van der Waals surface area contributed by atoms with Gasteiger partial charge in [0.1, 0.15) is 0 Å². The first-order chi connectivity index (χ1) is 13.6. The standard InChI is InChI=1S/C13H29NO2.C9H11ClN2OS/c1-12(2,3)9-15-11(14(7)8)16-10-13(4,5)6;1-9(4-14-5-9)2-7-6(10)3-11-8(13)12-7/h11H,9-10H2,1-8H3;3H,2,4-5H2,1H3,(H,11,12,13). The molecule has 1 aliphatic rings. The number of aromatic amines is 1. The lowest BCUT2D eigenvalue weighted by atomic mass is 9.89. The van der Waals surface area contributed by atoms with E-state index in [-0.39, 0.29) is 28.3 Å². The van der Waals surface area contributed by atoms with E-state index in [0.29, 0.717) is 18.2 Å². The zero-order chi connectivity index (χ0) is 23.2. The molecule has 1 aliphatic heterocycles. The van der Waals surface area contributed by atoms with Gasteiger partial charge in [0.05, 0.1) is 23.9 Å². The first kappa shape index (κ1) is 27.4. The molecule has 0 bridgehead atoms. The first-order valence-electron chi connectivity index (χ1n) is 10.3. The summed E-state index contributed by atoms with van der Waals surface area (Å²) >= 11 is 7.86. The van der Waals surface area contributed by atoms with Crippen molar-refractivity contribution in [3.63, 3.8) is 0 Å². The highest BCUT2D eigenvalue weighted by molar-refractivity contribution is 8.00. The summed E-state index contributed by atoms with van der Waals surface area (Å²) in [4.78, 5) is 19.3. The number of ether oxygens (including phenoxy) is 2. The van der Waals surface area contributed by atoms with E-state index < -0.39 is 0 Å². The van der Waals surface area contributed by atoms with E-state index in [1.54, 1.807) is 0 Å². The van der Waals surface area contributed by atoms with Crippen LogP contribution in [0.5, 0.6) is 0 Å². The molecular weight excluding hydrogens is 422 g/mol. The van der Waals surface area contributed by atoms with E-state index in [4.69, 9.17) is 21.1 Å². The van der Waals surface area contributed by atoms with E-state index in [1.807, 2.05) is 30.8 Å². The Morgan fingerprint density at radius 3 is 2.03 bits per heavy atom. The molecule has 1 aromatic heterocycles. The molecule has 0 saturated carbocycles. The van der Waals surface area contributed by atoms with E-state index in [2.05, 4.69) is 58.4 Å². The highest BCUT2D eigenvalue weighted by Crippen LogP contribution is 2.40. The minimum Gasteiger partial charge on any atom is -0.339 e. The van der Waals surface area contributed by atoms with Crippen LogP contribution in [0.4, 0.5) is 0 Å². The average molecular weight is 462 g/mol. The van der Waals surface area contributed by atoms with Gasteiger partial charge in [0, 0.05) is 6.20 Å². The Kier molecular flexibility index (Phi) is 10.4. The van der Waals surface area contributed by atoms with Gasteiger partial charge < -0.3 is 14.5 Å². The van der Waals surface area contributed by atoms with E-state index in [0.717, 1.165) is 23.6 Å². The summed E-state index contributed by atoms with van der Waals surface area (Å²) in [7, 11) is 3.94. The van der Waals surface area contributed by atoms with Crippen LogP contribution in [-0.4, -0.2) is 60.1 Å². The number of hydrogen-bond acceptors (Lipinski definition) is 6. The second kappa shape index (κ2) is 11.3. The van der Waals surface area contributed by atoms with Gasteiger partial charge in [-0.05, 0) is 48.3 Å². The van der Waals surface area contributed by atoms with Crippen LogP contribution in [0.15, 0.2) is 11.0 Å². The average Bonchev–Trinajstić information content (AvgIpc) is 2.55. The number of hydrogen-bond donors (Lipinski definition) is 1. The molecular formula is C22H40ClN3O3S. The van der Waals surface area contributed by atoms with Gasteiger partial charge in [0.2, 0.25) is 6.41 Å². The lowest BCUT2D eigenvalue weighted by molar-refractivity contribution is -0.230. The molecule has 0 atom stereocenters. The summed E-state index contributed by atoms with van der Waals surface area (Å²) < 4.78 is 11.5. The summed E-state index contributed by atoms with van der Waals surface area (Å²) in [5, 5.41) is 0.558. The molecule has 1 aromatic rings. The van der Waals surface area contributed by atoms with Gasteiger partial charge in [0.15, 0.2) is 0 Å². The second-order valence-electron chi connectivity index (χ2n) is 11.0. The predicted molar refractivity (Wildman–Crippen MR) is 127 cm³/mol. The maximum Gasteiger partial charge on any atom is 0.345 e. The minimum atomic E-state index is -0.319. The Morgan fingerprint density at radius 1 is 1.17 bits per heavy atom. The highest BCUT2D eigenvalue weighted by Gasteiger charge is 2.33. The van der Waals surface area contributed by atoms with Crippen molar-refractivity contribution in [1.29, 1.82) is 0 Å². The van der Waals surface area contributed by atoms with Crippen molar-refractivity contribution in [2.24, 2.45) is 16.2 Å². The first-order valence-corrected chi connectivity index (χ1v) is 11.9. The van der Waals surface area contributed by atoms with Crippen molar-refractivity contribution in [3.8, 4) is 0 Å². The van der Waals surface area contributed by atoms with Gasteiger partial charge in [-0.2, -0.15) is 16.7 Å². The molecule has 0 unspecified atom stereocenters. The number of thioether (sulfide) groups is 1. The SMILES string of the molecule is CC1(Cc2nc(=O)[nH]cc2Cl)CSC1.CN(C)C(OCC(C)(C)C)OCC(C)(C)C. The van der Waals surface area contributed by atoms with Gasteiger partial charge in [-0.1, -0.05) is 60.1 Å². The Morgan fingerprint density at radius 2 is 1.67 bits per heavy atom. The molecule has 0 radical (unpaired) electrons. The molecule has 1 fully saturated rings. The molecule has 174 valence electrons. The van der Waals surface area contributed by atoms with Crippen LogP contribution in [0.2, 0.25) is 5.02 Å². The molecule has 0 amide bonds. The highest BCUT2D eigenvalue weighted by atomic mass is 35.5. The van der Waals surface area contributed by atoms with Crippen LogP contribution in [0.3, 0.4) is 0 Å². The molecule has 0 aliphatic carbocycles. The number of H-pyrrole nitrogens is 1. The third kappa shape index (κ3) is 11.1. The van der Waals surface area contributed by atoms with Gasteiger partial charge in [-0.15, -0.1) is 0 Å². The van der Waals surface area contributed by atoms with Crippen LogP contribution in [0, 0.1) is 16.2 Å². The Balaban J connectivity index is 0.000000301. The second-order valence-corrected chi connectivity index (χ2v) is 12.4. The smallest absolute Gasteiger partial charge is 0.339 e. The maximum absolute atomic E-state index is 11.0. The summed E-state index contributed by atoms with van der Waals surface area (Å²) in [5.41, 5.74) is 1.01. The Bertz CT molecular complexity index is 689. The Labute approximate surface area is 191 Å². The molecule has 1 saturated heterocycles. The lowest BCUT2D eigenvalue weighted by Gasteiger charge is -2.37.